The van der Waals surface area contributed by atoms with Crippen molar-refractivity contribution in [2.75, 3.05) is 45.3 Å². The molecule has 1 fully saturated rings. The fraction of sp³-hybridized carbons (Fsp3) is 0.286. The van der Waals surface area contributed by atoms with Crippen LogP contribution in [0, 0.1) is 0 Å². The maximum atomic E-state index is 12.9. The predicted octanol–water partition coefficient (Wildman–Crippen LogP) is 4.13. The van der Waals surface area contributed by atoms with Crippen LogP contribution >= 0.6 is 0 Å². The molecule has 2 amide bonds. The van der Waals surface area contributed by atoms with Crippen LogP contribution in [-0.2, 0) is 13.1 Å². The number of hydrogen-bond donors (Lipinski definition) is 1. The fourth-order valence-corrected chi connectivity index (χ4v) is 4.62. The van der Waals surface area contributed by atoms with Crippen LogP contribution in [0.2, 0.25) is 0 Å². The number of piperazine rings is 1. The number of amides is 2. The monoisotopic (exact) mass is 485 g/mol. The molecule has 8 nitrogen and oxygen atoms in total. The lowest BCUT2D eigenvalue weighted by Crippen LogP contribution is -2.52. The van der Waals surface area contributed by atoms with Gasteiger partial charge in [0.1, 0.15) is 0 Å². The van der Waals surface area contributed by atoms with Gasteiger partial charge in [-0.3, -0.25) is 0 Å². The number of carbonyl (C=O) groups is 1. The zero-order chi connectivity index (χ0) is 24.9. The number of imidazole rings is 1. The average molecular weight is 486 g/mol. The van der Waals surface area contributed by atoms with E-state index in [1.807, 2.05) is 35.2 Å². The van der Waals surface area contributed by atoms with E-state index >= 15 is 0 Å². The first-order valence-corrected chi connectivity index (χ1v) is 12.1. The minimum absolute atomic E-state index is 0.0674. The van der Waals surface area contributed by atoms with E-state index in [1.165, 1.54) is 5.56 Å². The molecule has 36 heavy (non-hydrogen) atoms. The molecule has 2 heterocycles. The molecule has 186 valence electrons. The van der Waals surface area contributed by atoms with Crippen LogP contribution in [-0.4, -0.2) is 60.9 Å². The van der Waals surface area contributed by atoms with Gasteiger partial charge in [-0.05, 0) is 35.4 Å². The second-order valence-electron chi connectivity index (χ2n) is 8.79. The number of ether oxygens (including phenoxy) is 2. The van der Waals surface area contributed by atoms with E-state index in [4.69, 9.17) is 14.5 Å². The molecule has 1 saturated heterocycles. The molecule has 5 rings (SSSR count). The third-order valence-electron chi connectivity index (χ3n) is 6.56. The summed E-state index contributed by atoms with van der Waals surface area (Å²) in [5.74, 6) is 2.27. The largest absolute Gasteiger partial charge is 0.493 e. The lowest BCUT2D eigenvalue weighted by atomic mass is 10.2. The number of carbonyl (C=O) groups excluding carboxylic acids is 1. The minimum atomic E-state index is -0.0674. The van der Waals surface area contributed by atoms with E-state index in [9.17, 15) is 4.79 Å². The van der Waals surface area contributed by atoms with Gasteiger partial charge in [0, 0.05) is 32.7 Å². The molecule has 0 saturated carbocycles. The lowest BCUT2D eigenvalue weighted by Gasteiger charge is -2.35. The van der Waals surface area contributed by atoms with Crippen molar-refractivity contribution < 1.29 is 14.3 Å². The van der Waals surface area contributed by atoms with Crippen molar-refractivity contribution in [3.8, 4) is 11.5 Å². The Morgan fingerprint density at radius 2 is 1.58 bits per heavy atom. The first kappa shape index (κ1) is 23.5. The van der Waals surface area contributed by atoms with Gasteiger partial charge in [-0.25, -0.2) is 9.78 Å². The Hall–Kier alpha value is -4.20. The van der Waals surface area contributed by atoms with E-state index < -0.39 is 0 Å². The van der Waals surface area contributed by atoms with Gasteiger partial charge in [0.2, 0.25) is 5.95 Å². The van der Waals surface area contributed by atoms with E-state index in [2.05, 4.69) is 57.2 Å². The van der Waals surface area contributed by atoms with Gasteiger partial charge in [-0.2, -0.15) is 0 Å². The van der Waals surface area contributed by atoms with E-state index in [-0.39, 0.29) is 6.03 Å². The predicted molar refractivity (Wildman–Crippen MR) is 141 cm³/mol. The van der Waals surface area contributed by atoms with E-state index in [1.54, 1.807) is 14.2 Å². The molecule has 4 aromatic rings. The van der Waals surface area contributed by atoms with Crippen LogP contribution in [0.15, 0.2) is 72.8 Å². The Morgan fingerprint density at radius 1 is 0.861 bits per heavy atom. The number of nitrogens with zero attached hydrogens (tertiary/aromatic N) is 4. The minimum Gasteiger partial charge on any atom is -0.493 e. The van der Waals surface area contributed by atoms with Gasteiger partial charge in [0.05, 0.1) is 31.8 Å². The first-order valence-electron chi connectivity index (χ1n) is 12.1. The van der Waals surface area contributed by atoms with Crippen molar-refractivity contribution in [2.24, 2.45) is 0 Å². The highest BCUT2D eigenvalue weighted by Crippen LogP contribution is 2.28. The number of rotatable bonds is 7. The number of nitrogens with one attached hydrogen (secondary N) is 1. The molecule has 3 aromatic carbocycles. The number of para-hydroxylation sites is 2. The molecule has 8 heteroatoms. The van der Waals surface area contributed by atoms with Crippen LogP contribution in [0.5, 0.6) is 11.5 Å². The van der Waals surface area contributed by atoms with Gasteiger partial charge in [-0.15, -0.1) is 0 Å². The highest BCUT2D eigenvalue weighted by molar-refractivity contribution is 5.79. The fourth-order valence-electron chi connectivity index (χ4n) is 4.62. The summed E-state index contributed by atoms with van der Waals surface area (Å²) in [6, 6.07) is 24.3. The maximum Gasteiger partial charge on any atom is 0.317 e. The third kappa shape index (κ3) is 4.93. The van der Waals surface area contributed by atoms with Crippen LogP contribution in [0.3, 0.4) is 0 Å². The van der Waals surface area contributed by atoms with Crippen LogP contribution in [0.1, 0.15) is 11.1 Å². The van der Waals surface area contributed by atoms with Crippen molar-refractivity contribution >= 4 is 23.0 Å². The summed E-state index contributed by atoms with van der Waals surface area (Å²) < 4.78 is 12.9. The summed E-state index contributed by atoms with van der Waals surface area (Å²) in [7, 11) is 3.21. The zero-order valence-electron chi connectivity index (χ0n) is 20.7. The summed E-state index contributed by atoms with van der Waals surface area (Å²) in [5.41, 5.74) is 4.29. The molecule has 1 aromatic heterocycles. The molecular formula is C28H31N5O3. The van der Waals surface area contributed by atoms with Gasteiger partial charge in [-0.1, -0.05) is 48.5 Å². The first-order chi connectivity index (χ1) is 17.7. The molecular weight excluding hydrogens is 454 g/mol. The Bertz CT molecular complexity index is 1330. The quantitative estimate of drug-likeness (QED) is 0.426. The normalized spacial score (nSPS) is 13.6. The Balaban J connectivity index is 1.24. The Labute approximate surface area is 211 Å². The zero-order valence-corrected chi connectivity index (χ0v) is 20.7. The van der Waals surface area contributed by atoms with E-state index in [0.717, 1.165) is 42.2 Å². The summed E-state index contributed by atoms with van der Waals surface area (Å²) in [5, 5.41) is 3.03. The third-order valence-corrected chi connectivity index (χ3v) is 6.56. The summed E-state index contributed by atoms with van der Waals surface area (Å²) >= 11 is 0. The number of anilines is 1. The van der Waals surface area contributed by atoms with Crippen molar-refractivity contribution in [1.29, 1.82) is 0 Å². The molecule has 0 atom stereocenters. The summed E-state index contributed by atoms with van der Waals surface area (Å²) in [6.07, 6.45) is 0. The van der Waals surface area contributed by atoms with Gasteiger partial charge >= 0.3 is 6.03 Å². The Morgan fingerprint density at radius 3 is 2.33 bits per heavy atom. The second-order valence-corrected chi connectivity index (χ2v) is 8.79. The van der Waals surface area contributed by atoms with E-state index in [0.29, 0.717) is 31.1 Å². The molecule has 1 aliphatic rings. The lowest BCUT2D eigenvalue weighted by molar-refractivity contribution is 0.193. The standard InChI is InChI=1S/C28H31N5O3/c1-35-25-13-12-22(18-26(25)36-2)19-29-28(34)32-16-14-31(15-17-32)27-30-23-10-6-7-11-24(23)33(27)20-21-8-4-3-5-9-21/h3-13,18H,14-17,19-20H2,1-2H3,(H,29,34). The van der Waals surface area contributed by atoms with Crippen LogP contribution in [0.25, 0.3) is 11.0 Å². The van der Waals surface area contributed by atoms with Crippen molar-refractivity contribution in [2.45, 2.75) is 13.1 Å². The van der Waals surface area contributed by atoms with Crippen molar-refractivity contribution in [1.82, 2.24) is 19.8 Å². The number of aromatic nitrogens is 2. The smallest absolute Gasteiger partial charge is 0.317 e. The molecule has 1 N–H and O–H groups in total. The molecule has 0 unspecified atom stereocenters. The SMILES string of the molecule is COc1ccc(CNC(=O)N2CCN(c3nc4ccccc4n3Cc3ccccc3)CC2)cc1OC. The number of hydrogen-bond acceptors (Lipinski definition) is 5. The highest BCUT2D eigenvalue weighted by Gasteiger charge is 2.25. The summed E-state index contributed by atoms with van der Waals surface area (Å²) in [6.45, 7) is 3.89. The molecule has 0 spiro atoms. The van der Waals surface area contributed by atoms with Crippen molar-refractivity contribution in [3.63, 3.8) is 0 Å². The molecule has 0 bridgehead atoms. The highest BCUT2D eigenvalue weighted by atomic mass is 16.5. The van der Waals surface area contributed by atoms with Gasteiger partial charge < -0.3 is 29.2 Å². The molecule has 1 aliphatic heterocycles. The molecule has 0 aliphatic carbocycles. The van der Waals surface area contributed by atoms with Gasteiger partial charge in [0.15, 0.2) is 11.5 Å². The van der Waals surface area contributed by atoms with Crippen LogP contribution < -0.4 is 19.7 Å². The number of fused-ring (bicyclic) bond motifs is 1. The number of benzene rings is 3. The number of methoxy groups -OCH3 is 2. The average Bonchev–Trinajstić information content (AvgIpc) is 3.30. The van der Waals surface area contributed by atoms with Crippen LogP contribution in [0.4, 0.5) is 10.7 Å². The van der Waals surface area contributed by atoms with Gasteiger partial charge in [0.25, 0.3) is 0 Å². The molecule has 0 radical (unpaired) electrons. The number of urea groups is 1. The second kappa shape index (κ2) is 10.6. The maximum absolute atomic E-state index is 12.9. The summed E-state index contributed by atoms with van der Waals surface area (Å²) in [4.78, 5) is 22.0. The topological polar surface area (TPSA) is 71.9 Å². The van der Waals surface area contributed by atoms with Crippen molar-refractivity contribution in [3.05, 3.63) is 83.9 Å². The Kier molecular flexibility index (Phi) is 6.93.